The Bertz CT molecular complexity index is 791. The zero-order valence-electron chi connectivity index (χ0n) is 16.3. The van der Waals surface area contributed by atoms with Gasteiger partial charge in [0.2, 0.25) is 11.8 Å². The maximum atomic E-state index is 12.2. The van der Waals surface area contributed by atoms with Gasteiger partial charge in [-0.2, -0.15) is 13.2 Å². The Morgan fingerprint density at radius 3 is 2.43 bits per heavy atom. The lowest BCUT2D eigenvalue weighted by atomic mass is 9.90. The minimum atomic E-state index is -5.08. The number of carbonyl (C=O) groups excluding carboxylic acids is 2. The average molecular weight is 449 g/mol. The number of rotatable bonds is 3. The van der Waals surface area contributed by atoms with Gasteiger partial charge in [0.25, 0.3) is 0 Å². The fourth-order valence-corrected chi connectivity index (χ4v) is 3.70. The summed E-state index contributed by atoms with van der Waals surface area (Å²) in [5.41, 5.74) is -0.328. The SMILES string of the molecule is CNC(=O)C1COC2(CN(C(=O)/C=C/c3cccs3)C2)CN1C.O=C(O)C(F)(F)F. The second kappa shape index (κ2) is 9.58. The number of likely N-dealkylation sites (N-methyl/N-ethyl adjacent to an activating group) is 2. The van der Waals surface area contributed by atoms with Crippen molar-refractivity contribution in [3.63, 3.8) is 0 Å². The molecule has 2 fully saturated rings. The highest BCUT2D eigenvalue weighted by atomic mass is 32.1. The van der Waals surface area contributed by atoms with E-state index >= 15 is 0 Å². The summed E-state index contributed by atoms with van der Waals surface area (Å²) >= 11 is 1.60. The summed E-state index contributed by atoms with van der Waals surface area (Å²) in [5, 5.41) is 11.8. The number of morpholine rings is 1. The third kappa shape index (κ3) is 6.03. The average Bonchev–Trinajstić information content (AvgIpc) is 3.16. The molecule has 0 saturated carbocycles. The summed E-state index contributed by atoms with van der Waals surface area (Å²) in [6.07, 6.45) is -1.63. The van der Waals surface area contributed by atoms with Crippen molar-refractivity contribution in [3.05, 3.63) is 28.5 Å². The summed E-state index contributed by atoms with van der Waals surface area (Å²) < 4.78 is 37.7. The zero-order chi connectivity index (χ0) is 22.5. The summed E-state index contributed by atoms with van der Waals surface area (Å²) in [5.74, 6) is -2.79. The number of hydrogen-bond acceptors (Lipinski definition) is 6. The van der Waals surface area contributed by atoms with Gasteiger partial charge in [-0.05, 0) is 24.6 Å². The molecule has 1 aromatic rings. The van der Waals surface area contributed by atoms with Crippen LogP contribution < -0.4 is 5.32 Å². The van der Waals surface area contributed by atoms with Crippen molar-refractivity contribution in [3.8, 4) is 0 Å². The molecule has 3 rings (SSSR count). The maximum absolute atomic E-state index is 12.2. The lowest BCUT2D eigenvalue weighted by Gasteiger charge is -2.54. The molecule has 3 heterocycles. The van der Waals surface area contributed by atoms with Gasteiger partial charge in [0.1, 0.15) is 11.6 Å². The van der Waals surface area contributed by atoms with Gasteiger partial charge in [0.05, 0.1) is 19.7 Å². The van der Waals surface area contributed by atoms with Gasteiger partial charge in [0, 0.05) is 24.5 Å². The van der Waals surface area contributed by atoms with Crippen molar-refractivity contribution in [1.29, 1.82) is 0 Å². The topological polar surface area (TPSA) is 99.2 Å². The molecule has 1 spiro atoms. The highest BCUT2D eigenvalue weighted by Crippen LogP contribution is 2.30. The van der Waals surface area contributed by atoms with Gasteiger partial charge in [-0.1, -0.05) is 6.07 Å². The molecule has 0 radical (unpaired) electrons. The molecule has 8 nitrogen and oxygen atoms in total. The first-order chi connectivity index (χ1) is 14.0. The molecule has 1 aromatic heterocycles. The van der Waals surface area contributed by atoms with E-state index in [9.17, 15) is 22.8 Å². The number of ether oxygens (including phenoxy) is 1. The van der Waals surface area contributed by atoms with E-state index in [4.69, 9.17) is 14.6 Å². The van der Waals surface area contributed by atoms with Crippen LogP contribution in [0.2, 0.25) is 0 Å². The molecule has 2 aliphatic heterocycles. The monoisotopic (exact) mass is 449 g/mol. The molecule has 0 bridgehead atoms. The van der Waals surface area contributed by atoms with Crippen LogP contribution in [0.25, 0.3) is 6.08 Å². The Kier molecular flexibility index (Phi) is 7.61. The number of nitrogens with one attached hydrogen (secondary N) is 1. The van der Waals surface area contributed by atoms with Crippen molar-refractivity contribution in [2.45, 2.75) is 17.8 Å². The molecular formula is C18H22F3N3O5S. The number of nitrogens with zero attached hydrogens (tertiary/aromatic N) is 2. The van der Waals surface area contributed by atoms with Crippen molar-refractivity contribution in [2.75, 3.05) is 40.3 Å². The lowest BCUT2D eigenvalue weighted by molar-refractivity contribution is -0.198. The van der Waals surface area contributed by atoms with Crippen molar-refractivity contribution in [1.82, 2.24) is 15.1 Å². The van der Waals surface area contributed by atoms with E-state index in [0.717, 1.165) is 4.88 Å². The highest BCUT2D eigenvalue weighted by Gasteiger charge is 2.50. The van der Waals surface area contributed by atoms with Crippen LogP contribution in [0.15, 0.2) is 23.6 Å². The molecule has 1 unspecified atom stereocenters. The Balaban J connectivity index is 0.000000396. The summed E-state index contributed by atoms with van der Waals surface area (Å²) in [4.78, 5) is 37.7. The van der Waals surface area contributed by atoms with Gasteiger partial charge in [-0.15, -0.1) is 11.3 Å². The van der Waals surface area contributed by atoms with E-state index in [1.54, 1.807) is 29.4 Å². The molecule has 2 aliphatic rings. The van der Waals surface area contributed by atoms with Crippen LogP contribution in [0.3, 0.4) is 0 Å². The first kappa shape index (κ1) is 23.8. The minimum absolute atomic E-state index is 0.00343. The molecular weight excluding hydrogens is 427 g/mol. The number of carbonyl (C=O) groups is 3. The Labute approximate surface area is 174 Å². The molecule has 30 heavy (non-hydrogen) atoms. The fraction of sp³-hybridized carbons (Fsp3) is 0.500. The van der Waals surface area contributed by atoms with E-state index in [1.807, 2.05) is 35.5 Å². The van der Waals surface area contributed by atoms with Crippen LogP contribution in [-0.4, -0.2) is 90.8 Å². The smallest absolute Gasteiger partial charge is 0.475 e. The third-order valence-corrected chi connectivity index (χ3v) is 5.45. The lowest BCUT2D eigenvalue weighted by Crippen LogP contribution is -2.73. The number of carboxylic acids is 1. The number of aliphatic carboxylic acids is 1. The van der Waals surface area contributed by atoms with E-state index in [1.165, 1.54) is 0 Å². The first-order valence-corrected chi connectivity index (χ1v) is 9.72. The summed E-state index contributed by atoms with van der Waals surface area (Å²) in [6, 6.07) is 3.68. The normalized spacial score (nSPS) is 21.0. The molecule has 2 N–H and O–H groups in total. The largest absolute Gasteiger partial charge is 0.490 e. The number of carboxylic acid groups (broad SMARTS) is 1. The Hall–Kier alpha value is -2.44. The molecule has 166 valence electrons. The molecule has 2 saturated heterocycles. The number of amides is 2. The number of halogens is 3. The van der Waals surface area contributed by atoms with Crippen molar-refractivity contribution in [2.24, 2.45) is 0 Å². The third-order valence-electron chi connectivity index (χ3n) is 4.61. The fourth-order valence-electron chi connectivity index (χ4n) is 3.08. The molecule has 1 atom stereocenters. The van der Waals surface area contributed by atoms with Gasteiger partial charge >= 0.3 is 12.1 Å². The zero-order valence-corrected chi connectivity index (χ0v) is 17.1. The van der Waals surface area contributed by atoms with Gasteiger partial charge < -0.3 is 20.1 Å². The summed E-state index contributed by atoms with van der Waals surface area (Å²) in [6.45, 7) is 2.17. The number of thiophene rings is 1. The van der Waals surface area contributed by atoms with Gasteiger partial charge in [-0.25, -0.2) is 4.79 Å². The van der Waals surface area contributed by atoms with Crippen molar-refractivity contribution < 1.29 is 37.4 Å². The Morgan fingerprint density at radius 2 is 1.97 bits per heavy atom. The van der Waals surface area contributed by atoms with Crippen LogP contribution in [0, 0.1) is 0 Å². The van der Waals surface area contributed by atoms with Crippen LogP contribution in [0.1, 0.15) is 4.88 Å². The quantitative estimate of drug-likeness (QED) is 0.670. The summed E-state index contributed by atoms with van der Waals surface area (Å²) in [7, 11) is 3.55. The second-order valence-electron chi connectivity index (χ2n) is 6.89. The number of likely N-dealkylation sites (tertiary alicyclic amines) is 1. The van der Waals surface area contributed by atoms with Gasteiger partial charge in [-0.3, -0.25) is 14.5 Å². The first-order valence-electron chi connectivity index (χ1n) is 8.84. The Morgan fingerprint density at radius 1 is 1.33 bits per heavy atom. The van der Waals surface area contributed by atoms with Crippen LogP contribution in [-0.2, 0) is 19.1 Å². The molecule has 0 aromatic carbocycles. The number of hydrogen-bond donors (Lipinski definition) is 2. The van der Waals surface area contributed by atoms with E-state index < -0.39 is 12.1 Å². The minimum Gasteiger partial charge on any atom is -0.475 e. The van der Waals surface area contributed by atoms with Crippen LogP contribution in [0.4, 0.5) is 13.2 Å². The van der Waals surface area contributed by atoms with Gasteiger partial charge in [0.15, 0.2) is 0 Å². The van der Waals surface area contributed by atoms with Crippen molar-refractivity contribution >= 4 is 35.2 Å². The predicted octanol–water partition coefficient (Wildman–Crippen LogP) is 1.05. The molecule has 12 heteroatoms. The second-order valence-corrected chi connectivity index (χ2v) is 7.86. The number of alkyl halides is 3. The van der Waals surface area contributed by atoms with E-state index in [0.29, 0.717) is 26.2 Å². The van der Waals surface area contributed by atoms with E-state index in [2.05, 4.69) is 5.32 Å². The van der Waals surface area contributed by atoms with Crippen LogP contribution in [0.5, 0.6) is 0 Å². The van der Waals surface area contributed by atoms with Crippen LogP contribution >= 0.6 is 11.3 Å². The highest BCUT2D eigenvalue weighted by molar-refractivity contribution is 7.10. The maximum Gasteiger partial charge on any atom is 0.490 e. The standard InChI is InChI=1S/C16H21N3O3S.C2HF3O2/c1-17-15(21)13-8-22-16(9-18(13)2)10-19(11-16)14(20)6-5-12-4-3-7-23-12;3-2(4,5)1(6)7/h3-7,13H,8-11H2,1-2H3,(H,17,21);(H,6,7)/b6-5+;. The molecule has 0 aliphatic carbocycles. The predicted molar refractivity (Wildman–Crippen MR) is 103 cm³/mol. The molecule has 2 amide bonds. The van der Waals surface area contributed by atoms with E-state index in [-0.39, 0.29) is 23.5 Å².